The summed E-state index contributed by atoms with van der Waals surface area (Å²) in [5.74, 6) is -1.38. The fourth-order valence-electron chi connectivity index (χ4n) is 1.95. The van der Waals surface area contributed by atoms with E-state index in [1.54, 1.807) is 20.8 Å². The number of hydrogen-bond donors (Lipinski definition) is 2. The Bertz CT molecular complexity index is 548. The summed E-state index contributed by atoms with van der Waals surface area (Å²) in [6, 6.07) is 8.39. The van der Waals surface area contributed by atoms with Gasteiger partial charge in [0.15, 0.2) is 5.78 Å². The number of benzene rings is 1. The van der Waals surface area contributed by atoms with Crippen LogP contribution in [-0.4, -0.2) is 34.6 Å². The van der Waals surface area contributed by atoms with Gasteiger partial charge in [0.25, 0.3) is 0 Å². The number of rotatable bonds is 7. The Labute approximate surface area is 135 Å². The summed E-state index contributed by atoms with van der Waals surface area (Å²) in [5.41, 5.74) is 0.197. The molecule has 1 rings (SSSR count). The van der Waals surface area contributed by atoms with Crippen LogP contribution in [0.3, 0.4) is 0 Å². The van der Waals surface area contributed by atoms with Gasteiger partial charge in [0, 0.05) is 6.42 Å². The lowest BCUT2D eigenvalue weighted by Crippen LogP contribution is -2.44. The third-order valence-electron chi connectivity index (χ3n) is 2.95. The summed E-state index contributed by atoms with van der Waals surface area (Å²) in [6.07, 6.45) is -0.802. The molecule has 1 unspecified atom stereocenters. The van der Waals surface area contributed by atoms with Crippen molar-refractivity contribution >= 4 is 17.8 Å². The molecule has 6 heteroatoms. The molecule has 1 amide bonds. The molecule has 0 aromatic heterocycles. The van der Waals surface area contributed by atoms with Gasteiger partial charge in [0.2, 0.25) is 0 Å². The number of ether oxygens (including phenoxy) is 1. The molecule has 0 spiro atoms. The van der Waals surface area contributed by atoms with E-state index in [0.29, 0.717) is 6.42 Å². The van der Waals surface area contributed by atoms with Gasteiger partial charge < -0.3 is 15.2 Å². The summed E-state index contributed by atoms with van der Waals surface area (Å²) in [6.45, 7) is 5.18. The number of ketones is 1. The molecule has 0 aliphatic carbocycles. The monoisotopic (exact) mass is 321 g/mol. The van der Waals surface area contributed by atoms with E-state index in [9.17, 15) is 14.4 Å². The van der Waals surface area contributed by atoms with Crippen LogP contribution in [0.1, 0.15) is 39.2 Å². The van der Waals surface area contributed by atoms with Crippen LogP contribution in [0.4, 0.5) is 4.79 Å². The molecule has 0 bridgehead atoms. The molecule has 0 aliphatic heterocycles. The van der Waals surface area contributed by atoms with Gasteiger partial charge in [-0.15, -0.1) is 0 Å². The predicted octanol–water partition coefficient (Wildman–Crippen LogP) is 2.56. The molecule has 2 N–H and O–H groups in total. The van der Waals surface area contributed by atoms with Crippen molar-refractivity contribution in [3.8, 4) is 0 Å². The molecule has 0 saturated carbocycles. The molecule has 1 aromatic carbocycles. The average Bonchev–Trinajstić information content (AvgIpc) is 2.43. The van der Waals surface area contributed by atoms with Crippen LogP contribution in [0.2, 0.25) is 0 Å². The first kappa shape index (κ1) is 18.7. The van der Waals surface area contributed by atoms with Gasteiger partial charge in [-0.05, 0) is 32.8 Å². The van der Waals surface area contributed by atoms with Crippen LogP contribution in [0.15, 0.2) is 30.3 Å². The Morgan fingerprint density at radius 1 is 1.13 bits per heavy atom. The van der Waals surface area contributed by atoms with Gasteiger partial charge in [-0.25, -0.2) is 4.79 Å². The Kier molecular flexibility index (Phi) is 6.75. The number of hydrogen-bond acceptors (Lipinski definition) is 4. The van der Waals surface area contributed by atoms with Gasteiger partial charge in [-0.3, -0.25) is 9.59 Å². The van der Waals surface area contributed by atoms with Gasteiger partial charge >= 0.3 is 12.1 Å². The highest BCUT2D eigenvalue weighted by molar-refractivity contribution is 5.89. The van der Waals surface area contributed by atoms with Gasteiger partial charge in [-0.2, -0.15) is 0 Å². The van der Waals surface area contributed by atoms with Crippen molar-refractivity contribution in [2.75, 3.05) is 0 Å². The molecule has 0 heterocycles. The van der Waals surface area contributed by atoms with Crippen molar-refractivity contribution in [1.29, 1.82) is 0 Å². The molecular formula is C17H23NO5. The second-order valence-electron chi connectivity index (χ2n) is 6.25. The minimum absolute atomic E-state index is 0.136. The Hall–Kier alpha value is -2.37. The molecule has 6 nitrogen and oxygen atoms in total. The summed E-state index contributed by atoms with van der Waals surface area (Å²) in [7, 11) is 0. The molecule has 0 saturated heterocycles. The first-order chi connectivity index (χ1) is 10.7. The quantitative estimate of drug-likeness (QED) is 0.805. The van der Waals surface area contributed by atoms with E-state index >= 15 is 0 Å². The average molecular weight is 321 g/mol. The molecule has 126 valence electrons. The topological polar surface area (TPSA) is 92.7 Å². The van der Waals surface area contributed by atoms with Gasteiger partial charge in [-0.1, -0.05) is 30.3 Å². The number of carboxylic acids is 1. The highest BCUT2D eigenvalue weighted by Gasteiger charge is 2.24. The predicted molar refractivity (Wildman–Crippen MR) is 85.2 cm³/mol. The van der Waals surface area contributed by atoms with E-state index in [-0.39, 0.29) is 18.6 Å². The lowest BCUT2D eigenvalue weighted by molar-refractivity contribution is -0.138. The number of carbonyl (C=O) groups excluding carboxylic acids is 2. The van der Waals surface area contributed by atoms with Crippen LogP contribution in [-0.2, 0) is 20.7 Å². The van der Waals surface area contributed by atoms with Crippen molar-refractivity contribution in [2.24, 2.45) is 0 Å². The normalized spacial score (nSPS) is 12.3. The summed E-state index contributed by atoms with van der Waals surface area (Å²) in [4.78, 5) is 34.7. The first-order valence-corrected chi connectivity index (χ1v) is 7.45. The fourth-order valence-corrected chi connectivity index (χ4v) is 1.95. The maximum atomic E-state index is 12.2. The largest absolute Gasteiger partial charge is 0.481 e. The lowest BCUT2D eigenvalue weighted by Gasteiger charge is -2.23. The molecule has 1 atom stereocenters. The number of carboxylic acid groups (broad SMARTS) is 1. The summed E-state index contributed by atoms with van der Waals surface area (Å²) >= 11 is 0. The third-order valence-corrected chi connectivity index (χ3v) is 2.95. The molecule has 0 radical (unpaired) electrons. The minimum atomic E-state index is -1.05. The van der Waals surface area contributed by atoms with E-state index in [1.807, 2.05) is 30.3 Å². The molecule has 1 aromatic rings. The standard InChI is InChI=1S/C17H23NO5/c1-17(2,3)23-16(22)18-13(14(19)9-10-15(20)21)11-12-7-5-4-6-8-12/h4-8,13H,9-11H2,1-3H3,(H,18,22)(H,20,21). The zero-order valence-corrected chi connectivity index (χ0v) is 13.7. The minimum Gasteiger partial charge on any atom is -0.481 e. The molecular weight excluding hydrogens is 298 g/mol. The van der Waals surface area contributed by atoms with E-state index in [0.717, 1.165) is 5.56 Å². The van der Waals surface area contributed by atoms with Crippen molar-refractivity contribution in [2.45, 2.75) is 51.7 Å². The van der Waals surface area contributed by atoms with Crippen molar-refractivity contribution in [3.63, 3.8) is 0 Å². The summed E-state index contributed by atoms with van der Waals surface area (Å²) in [5, 5.41) is 11.2. The second kappa shape index (κ2) is 8.31. The highest BCUT2D eigenvalue weighted by atomic mass is 16.6. The first-order valence-electron chi connectivity index (χ1n) is 7.45. The third kappa shape index (κ3) is 7.99. The van der Waals surface area contributed by atoms with E-state index in [1.165, 1.54) is 0 Å². The number of nitrogens with one attached hydrogen (secondary N) is 1. The maximum Gasteiger partial charge on any atom is 0.408 e. The van der Waals surface area contributed by atoms with E-state index in [4.69, 9.17) is 9.84 Å². The number of Topliss-reactive ketones (excluding diaryl/α,β-unsaturated/α-hetero) is 1. The summed E-state index contributed by atoms with van der Waals surface area (Å²) < 4.78 is 5.16. The highest BCUT2D eigenvalue weighted by Crippen LogP contribution is 2.10. The van der Waals surface area contributed by atoms with Crippen molar-refractivity contribution in [3.05, 3.63) is 35.9 Å². The SMILES string of the molecule is CC(C)(C)OC(=O)NC(Cc1ccccc1)C(=O)CCC(=O)O. The number of carbonyl (C=O) groups is 3. The van der Waals surface area contributed by atoms with Crippen molar-refractivity contribution in [1.82, 2.24) is 5.32 Å². The molecule has 0 aliphatic rings. The van der Waals surface area contributed by atoms with Crippen LogP contribution < -0.4 is 5.32 Å². The van der Waals surface area contributed by atoms with Crippen LogP contribution in [0, 0.1) is 0 Å². The van der Waals surface area contributed by atoms with E-state index < -0.39 is 23.7 Å². The lowest BCUT2D eigenvalue weighted by atomic mass is 10.00. The fraction of sp³-hybridized carbons (Fsp3) is 0.471. The number of amides is 1. The zero-order valence-electron chi connectivity index (χ0n) is 13.7. The molecule has 0 fully saturated rings. The van der Waals surface area contributed by atoms with Crippen LogP contribution >= 0.6 is 0 Å². The van der Waals surface area contributed by atoms with Gasteiger partial charge in [0.05, 0.1) is 12.5 Å². The van der Waals surface area contributed by atoms with Crippen LogP contribution in [0.25, 0.3) is 0 Å². The van der Waals surface area contributed by atoms with E-state index in [2.05, 4.69) is 5.32 Å². The van der Waals surface area contributed by atoms with Crippen molar-refractivity contribution < 1.29 is 24.2 Å². The molecule has 23 heavy (non-hydrogen) atoms. The zero-order chi connectivity index (χ0) is 17.5. The Morgan fingerprint density at radius 3 is 2.26 bits per heavy atom. The Balaban J connectivity index is 2.77. The number of aliphatic carboxylic acids is 1. The second-order valence-corrected chi connectivity index (χ2v) is 6.25. The Morgan fingerprint density at radius 2 is 1.74 bits per heavy atom. The smallest absolute Gasteiger partial charge is 0.408 e. The maximum absolute atomic E-state index is 12.2. The number of alkyl carbamates (subject to hydrolysis) is 1. The van der Waals surface area contributed by atoms with Gasteiger partial charge in [0.1, 0.15) is 5.60 Å². The van der Waals surface area contributed by atoms with Crippen LogP contribution in [0.5, 0.6) is 0 Å².